The average molecular weight is 320 g/mol. The standard InChI is InChI=1S/C19H21N5/c1-3-22-8-10-23(11-9-22)18-12-14(2)15(13-20)19-21-16-6-4-5-7-17(16)24(18)19/h4-7,12H,3,8-11H2,1-2H3/p+1. The second kappa shape index (κ2) is 5.81. The number of nitrogens with one attached hydrogen (secondary N) is 1. The summed E-state index contributed by atoms with van der Waals surface area (Å²) in [6.07, 6.45) is 0. The molecule has 1 aliphatic rings. The van der Waals surface area contributed by atoms with Gasteiger partial charge in [0.15, 0.2) is 5.65 Å². The number of nitrogens with zero attached hydrogens (tertiary/aromatic N) is 4. The number of quaternary nitrogens is 1. The van der Waals surface area contributed by atoms with Crippen LogP contribution < -0.4 is 9.80 Å². The maximum absolute atomic E-state index is 9.59. The Kier molecular flexibility index (Phi) is 3.62. The SMILES string of the molecule is CC[NH+]1CCN(c2cc(C)c(C#N)c3nc4ccccc4n23)CC1. The van der Waals surface area contributed by atoms with Gasteiger partial charge < -0.3 is 9.80 Å². The number of pyridine rings is 1. The number of anilines is 1. The maximum atomic E-state index is 9.59. The zero-order valence-electron chi connectivity index (χ0n) is 14.2. The van der Waals surface area contributed by atoms with Crippen molar-refractivity contribution in [1.29, 1.82) is 5.26 Å². The Morgan fingerprint density at radius 3 is 2.71 bits per heavy atom. The molecule has 0 unspecified atom stereocenters. The summed E-state index contributed by atoms with van der Waals surface area (Å²) in [5.74, 6) is 1.16. The number of aryl methyl sites for hydroxylation is 1. The molecule has 3 heterocycles. The quantitative estimate of drug-likeness (QED) is 0.776. The first-order valence-electron chi connectivity index (χ1n) is 8.62. The molecule has 0 spiro atoms. The molecule has 0 bridgehead atoms. The van der Waals surface area contributed by atoms with Crippen molar-refractivity contribution in [3.05, 3.63) is 41.5 Å². The van der Waals surface area contributed by atoms with Gasteiger partial charge in [0.05, 0.1) is 49.3 Å². The molecule has 0 aliphatic carbocycles. The van der Waals surface area contributed by atoms with Crippen molar-refractivity contribution in [2.24, 2.45) is 0 Å². The molecular weight excluding hydrogens is 298 g/mol. The number of rotatable bonds is 2. The number of piperazine rings is 1. The lowest BCUT2D eigenvalue weighted by molar-refractivity contribution is -0.898. The van der Waals surface area contributed by atoms with Gasteiger partial charge in [-0.15, -0.1) is 0 Å². The predicted octanol–water partition coefficient (Wildman–Crippen LogP) is 1.39. The van der Waals surface area contributed by atoms with Gasteiger partial charge in [0.2, 0.25) is 0 Å². The van der Waals surface area contributed by atoms with Crippen molar-refractivity contribution in [2.75, 3.05) is 37.6 Å². The lowest BCUT2D eigenvalue weighted by atomic mass is 10.1. The van der Waals surface area contributed by atoms with Crippen LogP contribution >= 0.6 is 0 Å². The third kappa shape index (κ3) is 2.22. The Hall–Kier alpha value is -2.58. The first kappa shape index (κ1) is 15.0. The van der Waals surface area contributed by atoms with E-state index in [1.165, 1.54) is 6.54 Å². The Morgan fingerprint density at radius 1 is 1.25 bits per heavy atom. The summed E-state index contributed by atoms with van der Waals surface area (Å²) in [4.78, 5) is 8.84. The van der Waals surface area contributed by atoms with E-state index in [0.29, 0.717) is 5.56 Å². The molecule has 0 radical (unpaired) electrons. The fraction of sp³-hybridized carbons (Fsp3) is 0.368. The zero-order chi connectivity index (χ0) is 16.7. The van der Waals surface area contributed by atoms with Gasteiger partial charge in [-0.3, -0.25) is 4.40 Å². The summed E-state index contributed by atoms with van der Waals surface area (Å²) in [6, 6.07) is 12.6. The Balaban J connectivity index is 1.94. The van der Waals surface area contributed by atoms with E-state index in [1.54, 1.807) is 4.90 Å². The number of hydrogen-bond donors (Lipinski definition) is 1. The van der Waals surface area contributed by atoms with E-state index in [1.807, 2.05) is 25.1 Å². The highest BCUT2D eigenvalue weighted by Gasteiger charge is 2.23. The number of likely N-dealkylation sites (N-methyl/N-ethyl adjacent to an activating group) is 1. The minimum Gasteiger partial charge on any atom is -0.346 e. The van der Waals surface area contributed by atoms with E-state index in [-0.39, 0.29) is 0 Å². The van der Waals surface area contributed by atoms with Crippen molar-refractivity contribution < 1.29 is 4.90 Å². The molecule has 1 fully saturated rings. The van der Waals surface area contributed by atoms with Crippen molar-refractivity contribution in [2.45, 2.75) is 13.8 Å². The van der Waals surface area contributed by atoms with Crippen LogP contribution in [0, 0.1) is 18.3 Å². The predicted molar refractivity (Wildman–Crippen MR) is 95.6 cm³/mol. The van der Waals surface area contributed by atoms with Gasteiger partial charge in [0.1, 0.15) is 11.9 Å². The normalized spacial score (nSPS) is 16.0. The van der Waals surface area contributed by atoms with Crippen molar-refractivity contribution >= 4 is 22.5 Å². The molecule has 1 aromatic carbocycles. The zero-order valence-corrected chi connectivity index (χ0v) is 14.2. The molecule has 122 valence electrons. The van der Waals surface area contributed by atoms with Crippen LogP contribution in [0.3, 0.4) is 0 Å². The molecule has 3 aromatic rings. The van der Waals surface area contributed by atoms with Gasteiger partial charge in [0.25, 0.3) is 0 Å². The first-order chi connectivity index (χ1) is 11.7. The molecule has 5 heteroatoms. The largest absolute Gasteiger partial charge is 0.346 e. The smallest absolute Gasteiger partial charge is 0.157 e. The molecule has 1 saturated heterocycles. The molecular formula is C19H22N5+. The minimum absolute atomic E-state index is 0.674. The molecule has 1 N–H and O–H groups in total. The number of imidazole rings is 1. The third-order valence-corrected chi connectivity index (χ3v) is 5.16. The highest BCUT2D eigenvalue weighted by Crippen LogP contribution is 2.28. The maximum Gasteiger partial charge on any atom is 0.157 e. The fourth-order valence-electron chi connectivity index (χ4n) is 3.71. The van der Waals surface area contributed by atoms with E-state index in [9.17, 15) is 5.26 Å². The Morgan fingerprint density at radius 2 is 2.00 bits per heavy atom. The molecule has 24 heavy (non-hydrogen) atoms. The Bertz CT molecular complexity index is 942. The average Bonchev–Trinajstić information content (AvgIpc) is 3.00. The molecule has 1 aliphatic heterocycles. The number of nitriles is 1. The van der Waals surface area contributed by atoms with E-state index < -0.39 is 0 Å². The van der Waals surface area contributed by atoms with Crippen LogP contribution in [0.5, 0.6) is 0 Å². The first-order valence-corrected chi connectivity index (χ1v) is 8.62. The summed E-state index contributed by atoms with van der Waals surface area (Å²) in [5.41, 5.74) is 4.47. The van der Waals surface area contributed by atoms with Gasteiger partial charge in [-0.25, -0.2) is 4.98 Å². The summed E-state index contributed by atoms with van der Waals surface area (Å²) in [7, 11) is 0. The number of aromatic nitrogens is 2. The molecule has 0 atom stereocenters. The van der Waals surface area contributed by atoms with Gasteiger partial charge >= 0.3 is 0 Å². The van der Waals surface area contributed by atoms with Crippen LogP contribution in [0.25, 0.3) is 16.7 Å². The number of hydrogen-bond acceptors (Lipinski definition) is 3. The fourth-order valence-corrected chi connectivity index (χ4v) is 3.71. The van der Waals surface area contributed by atoms with Crippen LogP contribution in [0.15, 0.2) is 30.3 Å². The van der Waals surface area contributed by atoms with Gasteiger partial charge in [-0.05, 0) is 37.6 Å². The number of fused-ring (bicyclic) bond motifs is 3. The molecule has 5 nitrogen and oxygen atoms in total. The van der Waals surface area contributed by atoms with Crippen LogP contribution in [0.1, 0.15) is 18.1 Å². The van der Waals surface area contributed by atoms with E-state index in [0.717, 1.165) is 54.2 Å². The van der Waals surface area contributed by atoms with Crippen LogP contribution in [0.2, 0.25) is 0 Å². The molecule has 4 rings (SSSR count). The second-order valence-electron chi connectivity index (χ2n) is 6.52. The van der Waals surface area contributed by atoms with Crippen molar-refractivity contribution in [1.82, 2.24) is 9.38 Å². The van der Waals surface area contributed by atoms with Crippen LogP contribution in [-0.2, 0) is 0 Å². The lowest BCUT2D eigenvalue weighted by Gasteiger charge is -2.33. The molecule has 2 aromatic heterocycles. The van der Waals surface area contributed by atoms with Gasteiger partial charge in [-0.2, -0.15) is 5.26 Å². The number of para-hydroxylation sites is 2. The van der Waals surface area contributed by atoms with Gasteiger partial charge in [-0.1, -0.05) is 12.1 Å². The lowest BCUT2D eigenvalue weighted by Crippen LogP contribution is -3.14. The van der Waals surface area contributed by atoms with E-state index in [4.69, 9.17) is 4.98 Å². The molecule has 0 saturated carbocycles. The molecule has 0 amide bonds. The Labute approximate surface area is 141 Å². The second-order valence-corrected chi connectivity index (χ2v) is 6.52. The highest BCUT2D eigenvalue weighted by molar-refractivity contribution is 5.85. The summed E-state index contributed by atoms with van der Waals surface area (Å²) in [6.45, 7) is 9.83. The monoisotopic (exact) mass is 320 g/mol. The van der Waals surface area contributed by atoms with Crippen molar-refractivity contribution in [3.63, 3.8) is 0 Å². The number of benzene rings is 1. The summed E-state index contributed by atoms with van der Waals surface area (Å²) >= 11 is 0. The summed E-state index contributed by atoms with van der Waals surface area (Å²) < 4.78 is 2.16. The minimum atomic E-state index is 0.674. The van der Waals surface area contributed by atoms with Crippen LogP contribution in [0.4, 0.5) is 5.82 Å². The van der Waals surface area contributed by atoms with E-state index >= 15 is 0 Å². The highest BCUT2D eigenvalue weighted by atomic mass is 15.3. The summed E-state index contributed by atoms with van der Waals surface area (Å²) in [5, 5.41) is 9.59. The van der Waals surface area contributed by atoms with E-state index in [2.05, 4.69) is 34.4 Å². The third-order valence-electron chi connectivity index (χ3n) is 5.16. The van der Waals surface area contributed by atoms with Crippen LogP contribution in [-0.4, -0.2) is 42.1 Å². The van der Waals surface area contributed by atoms with Gasteiger partial charge in [0, 0.05) is 0 Å². The van der Waals surface area contributed by atoms with Crippen molar-refractivity contribution in [3.8, 4) is 6.07 Å². The topological polar surface area (TPSA) is 48.8 Å².